The number of carboxylic acid groups (broad SMARTS) is 2. The highest BCUT2D eigenvalue weighted by Crippen LogP contribution is 2.23. The molecule has 0 aliphatic rings. The SMILES string of the molecule is CC(C)C(C)(C)C.O=C(O)CCC(=O)O. The predicted octanol–water partition coefficient (Wildman–Crippen LogP) is 2.62. The fourth-order valence-corrected chi connectivity index (χ4v) is 0.214. The van der Waals surface area contributed by atoms with E-state index in [-0.39, 0.29) is 12.8 Å². The van der Waals surface area contributed by atoms with Crippen molar-refractivity contribution in [3.63, 3.8) is 0 Å². The third kappa shape index (κ3) is 15.7. The Labute approximate surface area is 91.3 Å². The van der Waals surface area contributed by atoms with E-state index in [9.17, 15) is 9.59 Å². The van der Waals surface area contributed by atoms with Crippen LogP contribution in [0.25, 0.3) is 0 Å². The second kappa shape index (κ2) is 7.26. The second-order valence-corrected chi connectivity index (χ2v) is 4.81. The summed E-state index contributed by atoms with van der Waals surface area (Å²) in [4.78, 5) is 19.3. The van der Waals surface area contributed by atoms with Gasteiger partial charge < -0.3 is 10.2 Å². The van der Waals surface area contributed by atoms with Crippen LogP contribution in [0.2, 0.25) is 0 Å². The Hall–Kier alpha value is -1.06. The molecule has 0 saturated carbocycles. The lowest BCUT2D eigenvalue weighted by atomic mass is 9.84. The highest BCUT2D eigenvalue weighted by atomic mass is 16.4. The first-order valence-corrected chi connectivity index (χ1v) is 5.01. The van der Waals surface area contributed by atoms with Gasteiger partial charge in [0, 0.05) is 0 Å². The Kier molecular flexibility index (Phi) is 7.92. The van der Waals surface area contributed by atoms with E-state index < -0.39 is 11.9 Å². The fraction of sp³-hybridized carbons (Fsp3) is 0.818. The van der Waals surface area contributed by atoms with Crippen LogP contribution in [0.15, 0.2) is 0 Å². The summed E-state index contributed by atoms with van der Waals surface area (Å²) >= 11 is 0. The minimum absolute atomic E-state index is 0.296. The fourth-order valence-electron chi connectivity index (χ4n) is 0.214. The predicted molar refractivity (Wildman–Crippen MR) is 58.8 cm³/mol. The zero-order chi connectivity index (χ0) is 12.6. The van der Waals surface area contributed by atoms with Gasteiger partial charge in [-0.1, -0.05) is 34.6 Å². The van der Waals surface area contributed by atoms with Gasteiger partial charge in [0.1, 0.15) is 0 Å². The third-order valence-electron chi connectivity index (χ3n) is 2.28. The van der Waals surface area contributed by atoms with Crippen LogP contribution in [-0.2, 0) is 9.59 Å². The number of hydrogen-bond acceptors (Lipinski definition) is 2. The summed E-state index contributed by atoms with van der Waals surface area (Å²) in [5.41, 5.74) is 0.500. The molecule has 0 bridgehead atoms. The van der Waals surface area contributed by atoms with Crippen LogP contribution >= 0.6 is 0 Å². The van der Waals surface area contributed by atoms with Crippen molar-refractivity contribution in [2.45, 2.75) is 47.5 Å². The lowest BCUT2D eigenvalue weighted by Gasteiger charge is -2.22. The Morgan fingerprint density at radius 3 is 1.27 bits per heavy atom. The first-order valence-electron chi connectivity index (χ1n) is 5.01. The molecule has 15 heavy (non-hydrogen) atoms. The standard InChI is InChI=1S/C7H16.C4H6O4/c1-6(2)7(3,4)5;5-3(6)1-2-4(7)8/h6H,1-5H3;1-2H2,(H,5,6)(H,7,8). The van der Waals surface area contributed by atoms with E-state index in [0.29, 0.717) is 5.41 Å². The van der Waals surface area contributed by atoms with E-state index in [4.69, 9.17) is 10.2 Å². The van der Waals surface area contributed by atoms with E-state index in [2.05, 4.69) is 34.6 Å². The Morgan fingerprint density at radius 1 is 1.00 bits per heavy atom. The van der Waals surface area contributed by atoms with Gasteiger partial charge in [-0.2, -0.15) is 0 Å². The molecule has 0 aromatic heterocycles. The van der Waals surface area contributed by atoms with Crippen molar-refractivity contribution in [2.24, 2.45) is 11.3 Å². The average Bonchev–Trinajstić information content (AvgIpc) is 2.00. The van der Waals surface area contributed by atoms with Gasteiger partial charge in [0.15, 0.2) is 0 Å². The van der Waals surface area contributed by atoms with Gasteiger partial charge in [-0.3, -0.25) is 9.59 Å². The van der Waals surface area contributed by atoms with E-state index in [1.54, 1.807) is 0 Å². The normalized spacial score (nSPS) is 10.5. The van der Waals surface area contributed by atoms with Crippen LogP contribution in [0, 0.1) is 11.3 Å². The lowest BCUT2D eigenvalue weighted by Crippen LogP contribution is -2.12. The number of carboxylic acids is 2. The molecule has 0 heterocycles. The molecule has 0 aliphatic carbocycles. The van der Waals surface area contributed by atoms with Crippen molar-refractivity contribution in [1.82, 2.24) is 0 Å². The van der Waals surface area contributed by atoms with Crippen molar-refractivity contribution in [3.8, 4) is 0 Å². The number of rotatable bonds is 3. The van der Waals surface area contributed by atoms with Gasteiger partial charge in [0.25, 0.3) is 0 Å². The monoisotopic (exact) mass is 218 g/mol. The lowest BCUT2D eigenvalue weighted by molar-refractivity contribution is -0.143. The second-order valence-electron chi connectivity index (χ2n) is 4.81. The molecule has 0 fully saturated rings. The third-order valence-corrected chi connectivity index (χ3v) is 2.28. The first-order chi connectivity index (χ1) is 6.57. The smallest absolute Gasteiger partial charge is 0.303 e. The van der Waals surface area contributed by atoms with Crippen LogP contribution < -0.4 is 0 Å². The van der Waals surface area contributed by atoms with Gasteiger partial charge in [-0.05, 0) is 11.3 Å². The minimum atomic E-state index is -1.08. The molecule has 90 valence electrons. The summed E-state index contributed by atoms with van der Waals surface area (Å²) in [6.45, 7) is 11.3. The maximum absolute atomic E-state index is 9.64. The van der Waals surface area contributed by atoms with Crippen LogP contribution in [-0.4, -0.2) is 22.2 Å². The molecule has 4 heteroatoms. The summed E-state index contributed by atoms with van der Waals surface area (Å²) < 4.78 is 0. The van der Waals surface area contributed by atoms with Gasteiger partial charge in [0.2, 0.25) is 0 Å². The van der Waals surface area contributed by atoms with E-state index in [0.717, 1.165) is 5.92 Å². The zero-order valence-electron chi connectivity index (χ0n) is 10.2. The summed E-state index contributed by atoms with van der Waals surface area (Å²) in [5, 5.41) is 15.8. The molecule has 2 N–H and O–H groups in total. The van der Waals surface area contributed by atoms with Crippen molar-refractivity contribution < 1.29 is 19.8 Å². The highest BCUT2D eigenvalue weighted by Gasteiger charge is 2.13. The number of aliphatic carboxylic acids is 2. The van der Waals surface area contributed by atoms with Crippen molar-refractivity contribution in [1.29, 1.82) is 0 Å². The highest BCUT2D eigenvalue weighted by molar-refractivity contribution is 5.75. The Balaban J connectivity index is 0. The molecule has 0 amide bonds. The summed E-state index contributed by atoms with van der Waals surface area (Å²) in [7, 11) is 0. The number of carbonyl (C=O) groups is 2. The summed E-state index contributed by atoms with van der Waals surface area (Å²) in [6.07, 6.45) is -0.593. The van der Waals surface area contributed by atoms with E-state index in [1.807, 2.05) is 0 Å². The molecule has 0 rings (SSSR count). The maximum Gasteiger partial charge on any atom is 0.303 e. The molecule has 0 atom stereocenters. The molecule has 0 radical (unpaired) electrons. The Bertz CT molecular complexity index is 187. The first kappa shape index (κ1) is 16.4. The average molecular weight is 218 g/mol. The van der Waals surface area contributed by atoms with Gasteiger partial charge in [-0.15, -0.1) is 0 Å². The molecule has 0 aromatic carbocycles. The van der Waals surface area contributed by atoms with E-state index in [1.165, 1.54) is 0 Å². The van der Waals surface area contributed by atoms with Crippen LogP contribution in [0.1, 0.15) is 47.5 Å². The maximum atomic E-state index is 9.64. The largest absolute Gasteiger partial charge is 0.481 e. The molecule has 0 aromatic rings. The quantitative estimate of drug-likeness (QED) is 0.763. The summed E-state index contributed by atoms with van der Waals surface area (Å²) in [5.74, 6) is -1.35. The van der Waals surface area contributed by atoms with Gasteiger partial charge >= 0.3 is 11.9 Å². The van der Waals surface area contributed by atoms with Crippen LogP contribution in [0.3, 0.4) is 0 Å². The van der Waals surface area contributed by atoms with Gasteiger partial charge in [-0.25, -0.2) is 0 Å². The summed E-state index contributed by atoms with van der Waals surface area (Å²) in [6, 6.07) is 0. The van der Waals surface area contributed by atoms with E-state index >= 15 is 0 Å². The van der Waals surface area contributed by atoms with Crippen molar-refractivity contribution in [2.75, 3.05) is 0 Å². The van der Waals surface area contributed by atoms with Gasteiger partial charge in [0.05, 0.1) is 12.8 Å². The van der Waals surface area contributed by atoms with Crippen LogP contribution in [0.4, 0.5) is 0 Å². The van der Waals surface area contributed by atoms with Crippen molar-refractivity contribution >= 4 is 11.9 Å². The van der Waals surface area contributed by atoms with Crippen molar-refractivity contribution in [3.05, 3.63) is 0 Å². The topological polar surface area (TPSA) is 74.6 Å². The molecule has 4 nitrogen and oxygen atoms in total. The Morgan fingerprint density at radius 2 is 1.20 bits per heavy atom. The molecule has 0 saturated heterocycles. The van der Waals surface area contributed by atoms with Crippen LogP contribution in [0.5, 0.6) is 0 Å². The zero-order valence-corrected chi connectivity index (χ0v) is 10.2. The minimum Gasteiger partial charge on any atom is -0.481 e. The molecule has 0 unspecified atom stereocenters. The molecular formula is C11H22O4. The molecule has 0 aliphatic heterocycles. The molecular weight excluding hydrogens is 196 g/mol. The number of hydrogen-bond donors (Lipinski definition) is 2. The molecule has 0 spiro atoms.